The Morgan fingerprint density at radius 3 is 2.87 bits per heavy atom. The number of nitrogens with zero attached hydrogens (tertiary/aromatic N) is 3. The number of fused-ring (bicyclic) bond motifs is 1. The van der Waals surface area contributed by atoms with E-state index in [0.717, 1.165) is 65.8 Å². The van der Waals surface area contributed by atoms with Crippen LogP contribution in [0, 0.1) is 5.13 Å². The normalized spacial score (nSPS) is 12.9. The molecule has 0 bridgehead atoms. The summed E-state index contributed by atoms with van der Waals surface area (Å²) in [6.45, 7) is 6.11. The van der Waals surface area contributed by atoms with E-state index >= 15 is 0 Å². The minimum Gasteiger partial charge on any atom is -0.352 e. The van der Waals surface area contributed by atoms with E-state index in [-0.39, 0.29) is 5.13 Å². The van der Waals surface area contributed by atoms with Crippen LogP contribution in [-0.2, 0) is 0 Å². The van der Waals surface area contributed by atoms with Crippen molar-refractivity contribution < 1.29 is 4.39 Å². The Balaban J connectivity index is 1.69. The molecule has 0 aliphatic carbocycles. The van der Waals surface area contributed by atoms with Gasteiger partial charge in [-0.05, 0) is 36.8 Å². The van der Waals surface area contributed by atoms with Gasteiger partial charge in [0, 0.05) is 39.0 Å². The third-order valence-electron chi connectivity index (χ3n) is 4.95. The fraction of sp³-hybridized carbons (Fsp3) is 0.0455. The Morgan fingerprint density at radius 1 is 1.23 bits per heavy atom. The summed E-state index contributed by atoms with van der Waals surface area (Å²) in [4.78, 5) is 8.55. The molecule has 5 aromatic rings. The van der Waals surface area contributed by atoms with Crippen molar-refractivity contribution in [3.05, 3.63) is 70.8 Å². The number of nitrogens with one attached hydrogen (secondary N) is 3. The van der Waals surface area contributed by atoms with Crippen molar-refractivity contribution in [1.29, 1.82) is 0 Å². The molecule has 0 aliphatic rings. The Hall–Kier alpha value is -3.78. The van der Waals surface area contributed by atoms with E-state index in [2.05, 4.69) is 36.9 Å². The Bertz CT molecular complexity index is 1490. The van der Waals surface area contributed by atoms with Gasteiger partial charge in [0.15, 0.2) is 5.13 Å². The predicted molar refractivity (Wildman–Crippen MR) is 118 cm³/mol. The van der Waals surface area contributed by atoms with Crippen LogP contribution >= 0.6 is 11.3 Å². The number of hydrogen-bond acceptors (Lipinski definition) is 4. The molecule has 30 heavy (non-hydrogen) atoms. The van der Waals surface area contributed by atoms with Gasteiger partial charge in [0.2, 0.25) is 0 Å². The van der Waals surface area contributed by atoms with Crippen LogP contribution < -0.4 is 10.6 Å². The summed E-state index contributed by atoms with van der Waals surface area (Å²) < 4.78 is 13.6. The van der Waals surface area contributed by atoms with Gasteiger partial charge in [-0.15, -0.1) is 11.3 Å². The molecule has 0 saturated carbocycles. The summed E-state index contributed by atoms with van der Waals surface area (Å²) in [7, 11) is 0. The molecule has 0 aromatic carbocycles. The Kier molecular flexibility index (Phi) is 4.40. The standard InChI is InChI=1S/C22H17FN6S/c1-3-17-15(6-12(2)13-8-25-26-9-13)22(29-28-17)18-7-14-16(10-24-11-19(14)27-18)20-4-5-21(23)30-20/h3-11,27-28H,2H2,1H3,(H,25,26)/b15-6+,17-3+. The third-order valence-corrected chi connectivity index (χ3v) is 5.86. The van der Waals surface area contributed by atoms with Crippen molar-refractivity contribution in [2.24, 2.45) is 0 Å². The summed E-state index contributed by atoms with van der Waals surface area (Å²) in [6, 6.07) is 5.27. The number of aromatic amines is 3. The molecule has 8 heteroatoms. The number of hydrogen-bond donors (Lipinski definition) is 3. The molecule has 6 nitrogen and oxygen atoms in total. The monoisotopic (exact) mass is 416 g/mol. The van der Waals surface area contributed by atoms with Crippen LogP contribution in [-0.4, -0.2) is 30.4 Å². The lowest BCUT2D eigenvalue weighted by molar-refractivity contribution is 0.657. The highest BCUT2D eigenvalue weighted by Crippen LogP contribution is 2.34. The van der Waals surface area contributed by atoms with Crippen molar-refractivity contribution in [2.75, 3.05) is 0 Å². The number of pyridine rings is 1. The lowest BCUT2D eigenvalue weighted by Gasteiger charge is -1.98. The zero-order valence-electron chi connectivity index (χ0n) is 16.0. The van der Waals surface area contributed by atoms with Crippen LogP contribution in [0.25, 0.3) is 50.5 Å². The summed E-state index contributed by atoms with van der Waals surface area (Å²) in [5.74, 6) is 0. The second-order valence-electron chi connectivity index (χ2n) is 6.78. The van der Waals surface area contributed by atoms with Gasteiger partial charge in [-0.2, -0.15) is 14.6 Å². The first-order valence-corrected chi connectivity index (χ1v) is 10.1. The Labute approximate surface area is 174 Å². The molecule has 5 rings (SSSR count). The smallest absolute Gasteiger partial charge is 0.176 e. The number of aromatic nitrogens is 6. The topological polar surface area (TPSA) is 86.0 Å². The highest BCUT2D eigenvalue weighted by Gasteiger charge is 2.14. The molecule has 0 fully saturated rings. The van der Waals surface area contributed by atoms with Crippen molar-refractivity contribution in [2.45, 2.75) is 6.92 Å². The molecule has 5 aromatic heterocycles. The molecule has 0 aliphatic heterocycles. The van der Waals surface area contributed by atoms with Gasteiger partial charge in [0.25, 0.3) is 0 Å². The number of allylic oxidation sites excluding steroid dienone is 1. The number of rotatable bonds is 4. The largest absolute Gasteiger partial charge is 0.352 e. The molecular weight excluding hydrogens is 399 g/mol. The molecule has 5 heterocycles. The van der Waals surface area contributed by atoms with Crippen LogP contribution in [0.15, 0.2) is 49.6 Å². The van der Waals surface area contributed by atoms with Crippen molar-refractivity contribution in [3.63, 3.8) is 0 Å². The van der Waals surface area contributed by atoms with Gasteiger partial charge in [0.1, 0.15) is 5.69 Å². The van der Waals surface area contributed by atoms with Gasteiger partial charge < -0.3 is 4.98 Å². The highest BCUT2D eigenvalue weighted by atomic mass is 32.1. The van der Waals surface area contributed by atoms with Crippen LogP contribution in [0.5, 0.6) is 0 Å². The molecule has 0 amide bonds. The number of H-pyrrole nitrogens is 3. The van der Waals surface area contributed by atoms with Crippen LogP contribution in [0.1, 0.15) is 12.5 Å². The first-order chi connectivity index (χ1) is 14.6. The van der Waals surface area contributed by atoms with E-state index in [4.69, 9.17) is 0 Å². The maximum Gasteiger partial charge on any atom is 0.176 e. The SMILES string of the molecule is C=C(/C=c1/c(-c2cc3c(-c4ccc(F)s4)cncc3[nH]2)n[nH]/c1=C/C)c1cn[nH]c1. The maximum atomic E-state index is 13.6. The van der Waals surface area contributed by atoms with Crippen LogP contribution in [0.3, 0.4) is 0 Å². The minimum absolute atomic E-state index is 0.220. The lowest BCUT2D eigenvalue weighted by Crippen LogP contribution is -2.23. The molecule has 0 saturated heterocycles. The average Bonchev–Trinajstić information content (AvgIpc) is 3.53. The van der Waals surface area contributed by atoms with Gasteiger partial charge in [-0.3, -0.25) is 15.2 Å². The molecule has 3 N–H and O–H groups in total. The highest BCUT2D eigenvalue weighted by molar-refractivity contribution is 7.14. The Morgan fingerprint density at radius 2 is 2.13 bits per heavy atom. The first kappa shape index (κ1) is 18.3. The van der Waals surface area contributed by atoms with Gasteiger partial charge in [-0.25, -0.2) is 0 Å². The zero-order chi connectivity index (χ0) is 20.7. The quantitative estimate of drug-likeness (QED) is 0.416. The molecule has 148 valence electrons. The first-order valence-electron chi connectivity index (χ1n) is 9.27. The number of thiophene rings is 1. The van der Waals surface area contributed by atoms with E-state index in [1.165, 1.54) is 6.07 Å². The fourth-order valence-corrected chi connectivity index (χ4v) is 4.21. The maximum absolute atomic E-state index is 13.6. The van der Waals surface area contributed by atoms with Crippen molar-refractivity contribution >= 4 is 40.0 Å². The average molecular weight is 416 g/mol. The second kappa shape index (κ2) is 7.23. The number of halogens is 1. The molecule has 0 spiro atoms. The van der Waals surface area contributed by atoms with Crippen LogP contribution in [0.2, 0.25) is 0 Å². The molecule has 0 radical (unpaired) electrons. The summed E-state index contributed by atoms with van der Waals surface area (Å²) in [6.07, 6.45) is 11.0. The van der Waals surface area contributed by atoms with E-state index < -0.39 is 0 Å². The van der Waals surface area contributed by atoms with E-state index in [9.17, 15) is 4.39 Å². The van der Waals surface area contributed by atoms with E-state index in [1.54, 1.807) is 30.9 Å². The summed E-state index contributed by atoms with van der Waals surface area (Å²) >= 11 is 1.10. The summed E-state index contributed by atoms with van der Waals surface area (Å²) in [5.41, 5.74) is 5.09. The molecular formula is C22H17FN6S. The molecule has 0 unspecified atom stereocenters. The fourth-order valence-electron chi connectivity index (χ4n) is 3.45. The van der Waals surface area contributed by atoms with Crippen molar-refractivity contribution in [3.8, 4) is 21.8 Å². The zero-order valence-corrected chi connectivity index (χ0v) is 16.8. The van der Waals surface area contributed by atoms with Crippen LogP contribution in [0.4, 0.5) is 4.39 Å². The van der Waals surface area contributed by atoms with Gasteiger partial charge in [0.05, 0.1) is 29.0 Å². The predicted octanol–water partition coefficient (Wildman–Crippen LogP) is 3.84. The molecule has 0 atom stereocenters. The second-order valence-corrected chi connectivity index (χ2v) is 7.81. The van der Waals surface area contributed by atoms with Gasteiger partial charge >= 0.3 is 0 Å². The van der Waals surface area contributed by atoms with Crippen molar-refractivity contribution in [1.82, 2.24) is 30.4 Å². The van der Waals surface area contributed by atoms with E-state index in [0.29, 0.717) is 0 Å². The lowest BCUT2D eigenvalue weighted by atomic mass is 10.1. The minimum atomic E-state index is -0.220. The summed E-state index contributed by atoms with van der Waals surface area (Å²) in [5, 5.41) is 17.0. The van der Waals surface area contributed by atoms with Gasteiger partial charge in [-0.1, -0.05) is 12.7 Å². The van der Waals surface area contributed by atoms with E-state index in [1.807, 2.05) is 25.1 Å². The third kappa shape index (κ3) is 3.07.